The van der Waals surface area contributed by atoms with E-state index >= 15 is 0 Å². The highest BCUT2D eigenvalue weighted by Gasteiger charge is 2.17. The number of hydrogen-bond acceptors (Lipinski definition) is 5. The monoisotopic (exact) mass is 824 g/mol. The number of thiophene rings is 1. The maximum absolute atomic E-state index is 4.84. The summed E-state index contributed by atoms with van der Waals surface area (Å²) in [5, 5.41) is 2.21. The lowest BCUT2D eigenvalue weighted by atomic mass is 10.0. The van der Waals surface area contributed by atoms with Crippen LogP contribution in [0.2, 0.25) is 0 Å². The Balaban J connectivity index is 0.884. The quantitative estimate of drug-likeness (QED) is 0.138. The standard InChI is InChI=1S/C58H40N4S/c1-3-11-41(12-4-1)43-19-27-49(28-20-43)61(53-37-47-15-7-9-17-55(47)59-39-53)51-31-23-45(24-32-51)57-35-36-58(63-57)46-25-33-52(34-26-46)62(54-38-48-16-8-10-18-56(48)60-40-54)50-29-21-44(22-30-50)42-13-5-2-6-14-42/h1-40H. The summed E-state index contributed by atoms with van der Waals surface area (Å²) in [7, 11) is 0. The molecular weight excluding hydrogens is 785 g/mol. The molecule has 0 bridgehead atoms. The molecule has 0 saturated carbocycles. The Morgan fingerprint density at radius 3 is 0.968 bits per heavy atom. The summed E-state index contributed by atoms with van der Waals surface area (Å²) >= 11 is 1.81. The molecule has 8 aromatic carbocycles. The third kappa shape index (κ3) is 7.74. The lowest BCUT2D eigenvalue weighted by Gasteiger charge is -2.26. The summed E-state index contributed by atoms with van der Waals surface area (Å²) in [6, 6.07) is 81.8. The van der Waals surface area contributed by atoms with Gasteiger partial charge in [-0.15, -0.1) is 11.3 Å². The van der Waals surface area contributed by atoms with Gasteiger partial charge < -0.3 is 9.80 Å². The number of hydrogen-bond donors (Lipinski definition) is 0. The number of anilines is 6. The maximum atomic E-state index is 4.84. The zero-order valence-corrected chi connectivity index (χ0v) is 35.1. The van der Waals surface area contributed by atoms with E-state index in [0.717, 1.165) is 55.9 Å². The van der Waals surface area contributed by atoms with Gasteiger partial charge in [0.05, 0.1) is 34.8 Å². The fourth-order valence-corrected chi connectivity index (χ4v) is 9.34. The van der Waals surface area contributed by atoms with E-state index in [9.17, 15) is 0 Å². The Morgan fingerprint density at radius 1 is 0.270 bits per heavy atom. The lowest BCUT2D eigenvalue weighted by molar-refractivity contribution is 1.26. The minimum Gasteiger partial charge on any atom is -0.309 e. The number of rotatable bonds is 10. The summed E-state index contributed by atoms with van der Waals surface area (Å²) in [5.74, 6) is 0. The molecule has 11 rings (SSSR count). The molecule has 0 radical (unpaired) electrons. The predicted octanol–water partition coefficient (Wildman–Crippen LogP) is 16.5. The van der Waals surface area contributed by atoms with Crippen LogP contribution in [0.4, 0.5) is 34.1 Å². The van der Waals surface area contributed by atoms with Gasteiger partial charge in [-0.05, 0) is 118 Å². The molecule has 3 heterocycles. The van der Waals surface area contributed by atoms with Crippen molar-refractivity contribution >= 4 is 67.3 Å². The SMILES string of the molecule is c1ccc(-c2ccc(N(c3ccc(-c4ccc(-c5ccc(N(c6ccc(-c7ccccc7)cc6)c6cnc7ccccc7c6)cc5)s4)cc3)c3cnc4ccccc4c3)cc2)cc1. The van der Waals surface area contributed by atoms with Crippen molar-refractivity contribution in [3.63, 3.8) is 0 Å². The molecule has 63 heavy (non-hydrogen) atoms. The Morgan fingerprint density at radius 2 is 0.587 bits per heavy atom. The van der Waals surface area contributed by atoms with Crippen molar-refractivity contribution in [2.24, 2.45) is 0 Å². The van der Waals surface area contributed by atoms with Gasteiger partial charge in [0, 0.05) is 43.3 Å². The first kappa shape index (κ1) is 37.8. The second-order valence-corrected chi connectivity index (χ2v) is 16.6. The zero-order chi connectivity index (χ0) is 42.0. The highest BCUT2D eigenvalue weighted by Crippen LogP contribution is 2.41. The van der Waals surface area contributed by atoms with Crippen molar-refractivity contribution in [3.8, 4) is 43.1 Å². The van der Waals surface area contributed by atoms with Gasteiger partial charge in [0.1, 0.15) is 0 Å². The van der Waals surface area contributed by atoms with Crippen molar-refractivity contribution in [2.75, 3.05) is 9.80 Å². The minimum absolute atomic E-state index is 0.979. The van der Waals surface area contributed by atoms with Gasteiger partial charge in [0.15, 0.2) is 0 Å². The number of para-hydroxylation sites is 2. The molecule has 0 aliphatic heterocycles. The third-order valence-electron chi connectivity index (χ3n) is 11.6. The molecule has 0 N–H and O–H groups in total. The van der Waals surface area contributed by atoms with Crippen LogP contribution in [0.15, 0.2) is 243 Å². The molecule has 0 amide bonds. The molecule has 0 aliphatic carbocycles. The second-order valence-electron chi connectivity index (χ2n) is 15.5. The van der Waals surface area contributed by atoms with Gasteiger partial charge >= 0.3 is 0 Å². The van der Waals surface area contributed by atoms with E-state index in [1.54, 1.807) is 0 Å². The molecule has 11 aromatic rings. The fourth-order valence-electron chi connectivity index (χ4n) is 8.32. The molecule has 4 nitrogen and oxygen atoms in total. The van der Waals surface area contributed by atoms with E-state index in [1.807, 2.05) is 35.9 Å². The van der Waals surface area contributed by atoms with Crippen LogP contribution in [-0.2, 0) is 0 Å². The summed E-state index contributed by atoms with van der Waals surface area (Å²) < 4.78 is 0. The second kappa shape index (κ2) is 16.7. The van der Waals surface area contributed by atoms with Crippen LogP contribution in [0.1, 0.15) is 0 Å². The lowest BCUT2D eigenvalue weighted by Crippen LogP contribution is -2.10. The van der Waals surface area contributed by atoms with Crippen LogP contribution in [0.5, 0.6) is 0 Å². The van der Waals surface area contributed by atoms with Crippen molar-refractivity contribution < 1.29 is 0 Å². The predicted molar refractivity (Wildman–Crippen MR) is 266 cm³/mol. The van der Waals surface area contributed by atoms with Gasteiger partial charge in [-0.25, -0.2) is 0 Å². The Labute approximate surface area is 371 Å². The highest BCUT2D eigenvalue weighted by molar-refractivity contribution is 7.18. The van der Waals surface area contributed by atoms with Gasteiger partial charge in [-0.2, -0.15) is 0 Å². The first-order chi connectivity index (χ1) is 31.2. The van der Waals surface area contributed by atoms with E-state index in [1.165, 1.54) is 43.1 Å². The molecule has 298 valence electrons. The summed E-state index contributed by atoms with van der Waals surface area (Å²) in [6.45, 7) is 0. The molecule has 0 atom stereocenters. The Hall–Kier alpha value is -8.12. The molecule has 0 unspecified atom stereocenters. The van der Waals surface area contributed by atoms with Gasteiger partial charge in [-0.1, -0.05) is 146 Å². The molecule has 5 heteroatoms. The summed E-state index contributed by atoms with van der Waals surface area (Å²) in [4.78, 5) is 16.7. The first-order valence-electron chi connectivity index (χ1n) is 21.1. The highest BCUT2D eigenvalue weighted by atomic mass is 32.1. The van der Waals surface area contributed by atoms with Crippen LogP contribution in [0.3, 0.4) is 0 Å². The number of benzene rings is 8. The fraction of sp³-hybridized carbons (Fsp3) is 0. The molecular formula is C58H40N4S. The van der Waals surface area contributed by atoms with Crippen molar-refractivity contribution in [3.05, 3.63) is 243 Å². The van der Waals surface area contributed by atoms with Gasteiger partial charge in [0.2, 0.25) is 0 Å². The number of pyridine rings is 2. The Bertz CT molecular complexity index is 3090. The zero-order valence-electron chi connectivity index (χ0n) is 34.3. The minimum atomic E-state index is 0.979. The number of fused-ring (bicyclic) bond motifs is 2. The molecule has 0 fully saturated rings. The molecule has 0 aliphatic rings. The number of nitrogens with zero attached hydrogens (tertiary/aromatic N) is 4. The largest absolute Gasteiger partial charge is 0.309 e. The van der Waals surface area contributed by atoms with Crippen LogP contribution >= 0.6 is 11.3 Å². The van der Waals surface area contributed by atoms with E-state index in [0.29, 0.717) is 0 Å². The Kier molecular flexibility index (Phi) is 10.1. The smallest absolute Gasteiger partial charge is 0.0703 e. The van der Waals surface area contributed by atoms with Gasteiger partial charge in [-0.3, -0.25) is 9.97 Å². The van der Waals surface area contributed by atoms with Crippen LogP contribution in [0, 0.1) is 0 Å². The summed E-state index contributed by atoms with van der Waals surface area (Å²) in [6.07, 6.45) is 3.94. The topological polar surface area (TPSA) is 32.3 Å². The maximum Gasteiger partial charge on any atom is 0.0703 e. The molecule has 3 aromatic heterocycles. The van der Waals surface area contributed by atoms with Crippen LogP contribution < -0.4 is 9.80 Å². The third-order valence-corrected chi connectivity index (χ3v) is 12.7. The first-order valence-corrected chi connectivity index (χ1v) is 21.9. The average molecular weight is 825 g/mol. The average Bonchev–Trinajstić information content (AvgIpc) is 3.86. The molecule has 0 saturated heterocycles. The molecule has 0 spiro atoms. The van der Waals surface area contributed by atoms with Crippen LogP contribution in [-0.4, -0.2) is 9.97 Å². The van der Waals surface area contributed by atoms with Crippen LogP contribution in [0.25, 0.3) is 64.9 Å². The van der Waals surface area contributed by atoms with Crippen molar-refractivity contribution in [1.29, 1.82) is 0 Å². The number of aromatic nitrogens is 2. The van der Waals surface area contributed by atoms with E-state index in [2.05, 4.69) is 228 Å². The van der Waals surface area contributed by atoms with E-state index < -0.39 is 0 Å². The van der Waals surface area contributed by atoms with E-state index in [4.69, 9.17) is 9.97 Å². The van der Waals surface area contributed by atoms with Crippen molar-refractivity contribution in [2.45, 2.75) is 0 Å². The van der Waals surface area contributed by atoms with Gasteiger partial charge in [0.25, 0.3) is 0 Å². The van der Waals surface area contributed by atoms with Crippen molar-refractivity contribution in [1.82, 2.24) is 9.97 Å². The summed E-state index contributed by atoms with van der Waals surface area (Å²) in [5.41, 5.74) is 15.4. The normalized spacial score (nSPS) is 11.2. The van der Waals surface area contributed by atoms with E-state index in [-0.39, 0.29) is 0 Å².